The number of para-hydroxylation sites is 2. The highest BCUT2D eigenvalue weighted by atomic mass is 16.3. The molecule has 5 rings (SSSR count). The van der Waals surface area contributed by atoms with Gasteiger partial charge < -0.3 is 4.42 Å². The highest BCUT2D eigenvalue weighted by Gasteiger charge is 2.26. The summed E-state index contributed by atoms with van der Waals surface area (Å²) >= 11 is 0. The van der Waals surface area contributed by atoms with Crippen LogP contribution in [0.3, 0.4) is 0 Å². The second-order valence-corrected chi connectivity index (χ2v) is 11.7. The molecule has 2 aromatic carbocycles. The van der Waals surface area contributed by atoms with Gasteiger partial charge in [0.2, 0.25) is 0 Å². The first kappa shape index (κ1) is 25.0. The molecule has 0 atom stereocenters. The van der Waals surface area contributed by atoms with Crippen molar-refractivity contribution < 1.29 is 4.42 Å². The molecular formula is C33H37N3O. The molecule has 5 aromatic rings. The standard InChI is InChI=1S/C33H37N3O/c1-19(2)21(5)30(22(6)20(3)4)36-27-18-34-29(33(7,8)9)17-26(27)35-32(36)25-15-12-14-24-23-13-10-11-16-28(23)37-31(24)25/h10-20H,5H2,1-4,6-9H3/b30-22-. The molecule has 0 aliphatic carbocycles. The zero-order chi connectivity index (χ0) is 26.6. The maximum atomic E-state index is 6.46. The maximum absolute atomic E-state index is 6.46. The number of aromatic nitrogens is 3. The van der Waals surface area contributed by atoms with Gasteiger partial charge in [-0.25, -0.2) is 4.98 Å². The lowest BCUT2D eigenvalue weighted by atomic mass is 9.91. The van der Waals surface area contributed by atoms with Crippen molar-refractivity contribution in [1.29, 1.82) is 0 Å². The zero-order valence-electron chi connectivity index (χ0n) is 23.3. The van der Waals surface area contributed by atoms with E-state index in [1.165, 1.54) is 5.57 Å². The Bertz CT molecular complexity index is 1690. The van der Waals surface area contributed by atoms with Crippen LogP contribution >= 0.6 is 0 Å². The summed E-state index contributed by atoms with van der Waals surface area (Å²) in [4.78, 5) is 10.2. The average Bonchev–Trinajstić information content (AvgIpc) is 3.41. The van der Waals surface area contributed by atoms with Crippen molar-refractivity contribution in [3.63, 3.8) is 0 Å². The van der Waals surface area contributed by atoms with Crippen molar-refractivity contribution in [2.24, 2.45) is 11.8 Å². The summed E-state index contributed by atoms with van der Waals surface area (Å²) in [5.74, 6) is 1.47. The molecular weight excluding hydrogens is 454 g/mol. The van der Waals surface area contributed by atoms with Crippen molar-refractivity contribution in [2.45, 2.75) is 60.8 Å². The third-order valence-electron chi connectivity index (χ3n) is 7.42. The fourth-order valence-electron chi connectivity index (χ4n) is 4.84. The van der Waals surface area contributed by atoms with E-state index in [1.807, 2.05) is 18.3 Å². The SMILES string of the molecule is C=C(/C(=C(\C)C(C)C)n1c(-c2cccc3c2oc2ccccc23)nc2cc(C(C)(C)C)ncc21)C(C)C. The van der Waals surface area contributed by atoms with Crippen LogP contribution in [0.1, 0.15) is 61.1 Å². The lowest BCUT2D eigenvalue weighted by molar-refractivity contribution is 0.570. The number of rotatable bonds is 5. The van der Waals surface area contributed by atoms with Gasteiger partial charge in [0.05, 0.1) is 22.8 Å². The van der Waals surface area contributed by atoms with Gasteiger partial charge in [-0.05, 0) is 48.1 Å². The smallest absolute Gasteiger partial charge is 0.149 e. The lowest BCUT2D eigenvalue weighted by Crippen LogP contribution is -2.13. The first-order valence-electron chi connectivity index (χ1n) is 13.2. The van der Waals surface area contributed by atoms with Crippen LogP contribution in [0.4, 0.5) is 0 Å². The Morgan fingerprint density at radius 2 is 1.65 bits per heavy atom. The molecule has 4 nitrogen and oxygen atoms in total. The Hall–Kier alpha value is -3.66. The predicted molar refractivity (Wildman–Crippen MR) is 157 cm³/mol. The Labute approximate surface area is 219 Å². The molecule has 0 bridgehead atoms. The van der Waals surface area contributed by atoms with Crippen LogP contribution in [0.5, 0.6) is 0 Å². The van der Waals surface area contributed by atoms with E-state index in [0.29, 0.717) is 5.92 Å². The van der Waals surface area contributed by atoms with Gasteiger partial charge in [-0.2, -0.15) is 0 Å². The molecule has 0 N–H and O–H groups in total. The van der Waals surface area contributed by atoms with Gasteiger partial charge in [0.1, 0.15) is 17.0 Å². The Morgan fingerprint density at radius 3 is 2.32 bits per heavy atom. The first-order chi connectivity index (χ1) is 17.5. The molecule has 0 amide bonds. The Balaban J connectivity index is 1.93. The normalized spacial score (nSPS) is 13.4. The lowest BCUT2D eigenvalue weighted by Gasteiger charge is -2.23. The molecule has 37 heavy (non-hydrogen) atoms. The highest BCUT2D eigenvalue weighted by molar-refractivity contribution is 6.09. The summed E-state index contributed by atoms with van der Waals surface area (Å²) in [5.41, 5.74) is 9.01. The number of allylic oxidation sites excluding steroid dienone is 3. The number of imidazole rings is 1. The summed E-state index contributed by atoms with van der Waals surface area (Å²) in [6, 6.07) is 16.7. The molecule has 3 aromatic heterocycles. The highest BCUT2D eigenvalue weighted by Crippen LogP contribution is 2.41. The molecule has 3 heterocycles. The number of nitrogens with zero attached hydrogens (tertiary/aromatic N) is 3. The van der Waals surface area contributed by atoms with Gasteiger partial charge in [0.25, 0.3) is 0 Å². The number of pyridine rings is 1. The van der Waals surface area contributed by atoms with Crippen LogP contribution in [0.15, 0.2) is 76.9 Å². The zero-order valence-corrected chi connectivity index (χ0v) is 23.3. The average molecular weight is 492 g/mol. The molecule has 4 heteroatoms. The van der Waals surface area contributed by atoms with Crippen molar-refractivity contribution >= 4 is 38.7 Å². The fourth-order valence-corrected chi connectivity index (χ4v) is 4.84. The molecule has 0 radical (unpaired) electrons. The molecule has 0 unspecified atom stereocenters. The van der Waals surface area contributed by atoms with E-state index in [9.17, 15) is 0 Å². The Morgan fingerprint density at radius 1 is 0.946 bits per heavy atom. The number of fused-ring (bicyclic) bond motifs is 4. The summed E-state index contributed by atoms with van der Waals surface area (Å²) in [7, 11) is 0. The van der Waals surface area contributed by atoms with Gasteiger partial charge in [-0.1, -0.05) is 85.4 Å². The maximum Gasteiger partial charge on any atom is 0.149 e. The summed E-state index contributed by atoms with van der Waals surface area (Å²) in [6.07, 6.45) is 1.98. The topological polar surface area (TPSA) is 43.9 Å². The first-order valence-corrected chi connectivity index (χ1v) is 13.2. The van der Waals surface area contributed by atoms with Crippen LogP contribution in [0.2, 0.25) is 0 Å². The van der Waals surface area contributed by atoms with E-state index >= 15 is 0 Å². The third-order valence-corrected chi connectivity index (χ3v) is 7.42. The summed E-state index contributed by atoms with van der Waals surface area (Å²) in [5, 5.41) is 2.20. The minimum absolute atomic E-state index is 0.0784. The van der Waals surface area contributed by atoms with E-state index in [0.717, 1.165) is 61.3 Å². The van der Waals surface area contributed by atoms with E-state index in [-0.39, 0.29) is 11.3 Å². The number of furan rings is 1. The van der Waals surface area contributed by atoms with E-state index in [2.05, 4.69) is 103 Å². The third kappa shape index (κ3) is 4.19. The van der Waals surface area contributed by atoms with Gasteiger partial charge in [-0.3, -0.25) is 9.55 Å². The molecule has 190 valence electrons. The number of hydrogen-bond acceptors (Lipinski definition) is 3. The molecule has 0 aliphatic rings. The number of benzene rings is 2. The molecule has 0 saturated heterocycles. The van der Waals surface area contributed by atoms with E-state index < -0.39 is 0 Å². The predicted octanol–water partition coefficient (Wildman–Crippen LogP) is 9.39. The van der Waals surface area contributed by atoms with Crippen LogP contribution < -0.4 is 0 Å². The van der Waals surface area contributed by atoms with E-state index in [4.69, 9.17) is 14.4 Å². The van der Waals surface area contributed by atoms with Crippen LogP contribution in [0, 0.1) is 11.8 Å². The quantitative estimate of drug-likeness (QED) is 0.230. The van der Waals surface area contributed by atoms with Crippen LogP contribution in [0.25, 0.3) is 50.1 Å². The monoisotopic (exact) mass is 491 g/mol. The number of hydrogen-bond donors (Lipinski definition) is 0. The fraction of sp³-hybridized carbons (Fsp3) is 0.333. The van der Waals surface area contributed by atoms with Gasteiger partial charge in [0.15, 0.2) is 0 Å². The van der Waals surface area contributed by atoms with Gasteiger partial charge in [-0.15, -0.1) is 0 Å². The van der Waals surface area contributed by atoms with Crippen molar-refractivity contribution in [3.8, 4) is 11.4 Å². The molecule has 0 aliphatic heterocycles. The van der Waals surface area contributed by atoms with Gasteiger partial charge in [0, 0.05) is 27.6 Å². The van der Waals surface area contributed by atoms with Crippen LogP contribution in [-0.2, 0) is 5.41 Å². The second kappa shape index (κ2) is 9.02. The van der Waals surface area contributed by atoms with Crippen molar-refractivity contribution in [3.05, 3.63) is 78.1 Å². The minimum Gasteiger partial charge on any atom is -0.455 e. The molecule has 0 saturated carbocycles. The Kier molecular flexibility index (Phi) is 6.10. The van der Waals surface area contributed by atoms with E-state index in [1.54, 1.807) is 0 Å². The van der Waals surface area contributed by atoms with Crippen molar-refractivity contribution in [1.82, 2.24) is 14.5 Å². The van der Waals surface area contributed by atoms with Crippen molar-refractivity contribution in [2.75, 3.05) is 0 Å². The van der Waals surface area contributed by atoms with Crippen LogP contribution in [-0.4, -0.2) is 14.5 Å². The molecule has 0 fully saturated rings. The largest absolute Gasteiger partial charge is 0.455 e. The molecule has 0 spiro atoms. The second-order valence-electron chi connectivity index (χ2n) is 11.7. The minimum atomic E-state index is -0.0784. The van der Waals surface area contributed by atoms with Gasteiger partial charge >= 0.3 is 0 Å². The summed E-state index contributed by atoms with van der Waals surface area (Å²) in [6.45, 7) is 22.2. The summed E-state index contributed by atoms with van der Waals surface area (Å²) < 4.78 is 8.73.